The van der Waals surface area contributed by atoms with Crippen LogP contribution < -0.4 is 11.2 Å². The number of nitrogens with one attached hydrogen (secondary N) is 1. The highest BCUT2D eigenvalue weighted by atomic mass is 32.2. The van der Waals surface area contributed by atoms with Crippen LogP contribution in [-0.4, -0.2) is 36.3 Å². The normalized spacial score (nSPS) is 14.5. The number of carbonyl (C=O) groups excluding carboxylic acids is 1. The van der Waals surface area contributed by atoms with Gasteiger partial charge in [-0.2, -0.15) is 5.10 Å². The maximum Gasteiger partial charge on any atom is 0.235 e. The molecule has 1 saturated carbocycles. The monoisotopic (exact) mass is 383 g/mol. The van der Waals surface area contributed by atoms with E-state index in [0.29, 0.717) is 17.0 Å². The first-order chi connectivity index (χ1) is 13.2. The van der Waals surface area contributed by atoms with Crippen LogP contribution in [0.2, 0.25) is 0 Å². The first-order valence-electron chi connectivity index (χ1n) is 8.94. The summed E-state index contributed by atoms with van der Waals surface area (Å²) in [5.41, 5.74) is 0.879. The zero-order valence-electron chi connectivity index (χ0n) is 14.8. The molecule has 0 aliphatic heterocycles. The van der Waals surface area contributed by atoms with Crippen LogP contribution in [-0.2, 0) is 4.79 Å². The largest absolute Gasteiger partial charge is 0.335 e. The minimum atomic E-state index is -0.121. The Balaban J connectivity index is 1.38. The van der Waals surface area contributed by atoms with Gasteiger partial charge in [0.15, 0.2) is 5.82 Å². The Bertz CT molecular complexity index is 915. The summed E-state index contributed by atoms with van der Waals surface area (Å²) in [7, 11) is 0. The molecule has 0 bridgehead atoms. The van der Waals surface area contributed by atoms with Gasteiger partial charge in [-0.15, -0.1) is 10.2 Å². The van der Waals surface area contributed by atoms with E-state index in [4.69, 9.17) is 5.84 Å². The SMILES string of the molecule is Nn1c(SCC(=O)Nc2ccnn2C2CCCC2)nnc1-c1ccccc1. The number of amides is 1. The van der Waals surface area contributed by atoms with Crippen LogP contribution in [0.15, 0.2) is 47.8 Å². The molecule has 4 rings (SSSR count). The van der Waals surface area contributed by atoms with E-state index in [1.807, 2.05) is 41.1 Å². The number of nitrogens with zero attached hydrogens (tertiary/aromatic N) is 5. The summed E-state index contributed by atoms with van der Waals surface area (Å²) in [6, 6.07) is 11.8. The molecule has 9 heteroatoms. The van der Waals surface area contributed by atoms with Gasteiger partial charge >= 0.3 is 0 Å². The van der Waals surface area contributed by atoms with Crippen molar-refractivity contribution in [1.29, 1.82) is 0 Å². The van der Waals surface area contributed by atoms with Crippen molar-refractivity contribution in [2.75, 3.05) is 16.9 Å². The lowest BCUT2D eigenvalue weighted by molar-refractivity contribution is -0.113. The number of nitrogens with two attached hydrogens (primary N) is 1. The molecule has 0 atom stereocenters. The molecule has 0 spiro atoms. The predicted octanol–water partition coefficient (Wildman–Crippen LogP) is 2.70. The molecular formula is C18H21N7OS. The van der Waals surface area contributed by atoms with Gasteiger partial charge in [0.25, 0.3) is 0 Å². The molecule has 2 aromatic heterocycles. The number of hydrogen-bond donors (Lipinski definition) is 2. The topological polar surface area (TPSA) is 104 Å². The summed E-state index contributed by atoms with van der Waals surface area (Å²) in [5, 5.41) is 16.0. The smallest absolute Gasteiger partial charge is 0.235 e. The van der Waals surface area contributed by atoms with Gasteiger partial charge in [0, 0.05) is 11.6 Å². The minimum Gasteiger partial charge on any atom is -0.335 e. The van der Waals surface area contributed by atoms with Crippen molar-refractivity contribution in [3.8, 4) is 11.4 Å². The third kappa shape index (κ3) is 3.82. The van der Waals surface area contributed by atoms with Gasteiger partial charge in [-0.3, -0.25) is 4.79 Å². The molecule has 1 fully saturated rings. The van der Waals surface area contributed by atoms with Crippen LogP contribution in [0.4, 0.5) is 5.82 Å². The molecular weight excluding hydrogens is 362 g/mol. The number of nitrogen functional groups attached to an aromatic ring is 1. The molecule has 3 N–H and O–H groups in total. The van der Waals surface area contributed by atoms with Crippen LogP contribution in [0.5, 0.6) is 0 Å². The van der Waals surface area contributed by atoms with Gasteiger partial charge < -0.3 is 11.2 Å². The molecule has 27 heavy (non-hydrogen) atoms. The number of anilines is 1. The number of thioether (sulfide) groups is 1. The molecule has 1 aromatic carbocycles. The Hall–Kier alpha value is -2.81. The van der Waals surface area contributed by atoms with Gasteiger partial charge in [0.1, 0.15) is 5.82 Å². The van der Waals surface area contributed by atoms with E-state index in [9.17, 15) is 4.79 Å². The molecule has 8 nitrogen and oxygen atoms in total. The van der Waals surface area contributed by atoms with Crippen LogP contribution in [0.1, 0.15) is 31.7 Å². The van der Waals surface area contributed by atoms with E-state index in [0.717, 1.165) is 24.2 Å². The Morgan fingerprint density at radius 2 is 1.96 bits per heavy atom. The van der Waals surface area contributed by atoms with E-state index in [1.54, 1.807) is 6.20 Å². The highest BCUT2D eigenvalue weighted by Crippen LogP contribution is 2.31. The second-order valence-corrected chi connectivity index (χ2v) is 7.42. The molecule has 3 aromatic rings. The van der Waals surface area contributed by atoms with E-state index in [2.05, 4.69) is 20.6 Å². The van der Waals surface area contributed by atoms with E-state index in [1.165, 1.54) is 29.3 Å². The summed E-state index contributed by atoms with van der Waals surface area (Å²) in [6.07, 6.45) is 6.37. The first-order valence-corrected chi connectivity index (χ1v) is 9.93. The second kappa shape index (κ2) is 7.83. The number of aromatic nitrogens is 5. The Morgan fingerprint density at radius 1 is 1.19 bits per heavy atom. The van der Waals surface area contributed by atoms with Gasteiger partial charge in [-0.1, -0.05) is 54.9 Å². The zero-order chi connectivity index (χ0) is 18.6. The first kappa shape index (κ1) is 17.6. The summed E-state index contributed by atoms with van der Waals surface area (Å²) >= 11 is 1.25. The highest BCUT2D eigenvalue weighted by Gasteiger charge is 2.21. The minimum absolute atomic E-state index is 0.121. The number of rotatable bonds is 6. The average molecular weight is 383 g/mol. The highest BCUT2D eigenvalue weighted by molar-refractivity contribution is 7.99. The zero-order valence-corrected chi connectivity index (χ0v) is 15.6. The third-order valence-corrected chi connectivity index (χ3v) is 5.58. The van der Waals surface area contributed by atoms with E-state index >= 15 is 0 Å². The summed E-state index contributed by atoms with van der Waals surface area (Å²) in [6.45, 7) is 0. The number of benzene rings is 1. The van der Waals surface area contributed by atoms with Crippen molar-refractivity contribution in [3.63, 3.8) is 0 Å². The molecule has 0 unspecified atom stereocenters. The van der Waals surface area contributed by atoms with E-state index in [-0.39, 0.29) is 11.7 Å². The van der Waals surface area contributed by atoms with Crippen molar-refractivity contribution < 1.29 is 4.79 Å². The van der Waals surface area contributed by atoms with Crippen molar-refractivity contribution in [2.24, 2.45) is 0 Å². The van der Waals surface area contributed by atoms with Crippen molar-refractivity contribution >= 4 is 23.5 Å². The molecule has 0 radical (unpaired) electrons. The van der Waals surface area contributed by atoms with Gasteiger partial charge in [0.05, 0.1) is 18.0 Å². The van der Waals surface area contributed by atoms with Crippen molar-refractivity contribution in [1.82, 2.24) is 24.7 Å². The fourth-order valence-corrected chi connectivity index (χ4v) is 3.98. The van der Waals surface area contributed by atoms with Gasteiger partial charge in [-0.05, 0) is 12.8 Å². The molecule has 1 aliphatic carbocycles. The maximum atomic E-state index is 12.4. The van der Waals surface area contributed by atoms with Crippen LogP contribution in [0.3, 0.4) is 0 Å². The third-order valence-electron chi connectivity index (χ3n) is 4.64. The van der Waals surface area contributed by atoms with Crippen LogP contribution in [0.25, 0.3) is 11.4 Å². The second-order valence-electron chi connectivity index (χ2n) is 6.48. The quantitative estimate of drug-likeness (QED) is 0.501. The summed E-state index contributed by atoms with van der Waals surface area (Å²) < 4.78 is 3.34. The van der Waals surface area contributed by atoms with Gasteiger partial charge in [0.2, 0.25) is 11.1 Å². The lowest BCUT2D eigenvalue weighted by atomic mass is 10.2. The molecule has 1 amide bonds. The summed E-state index contributed by atoms with van der Waals surface area (Å²) in [5.74, 6) is 7.47. The Labute approximate surface area is 161 Å². The number of carbonyl (C=O) groups is 1. The van der Waals surface area contributed by atoms with Gasteiger partial charge in [-0.25, -0.2) is 9.36 Å². The van der Waals surface area contributed by atoms with Crippen LogP contribution >= 0.6 is 11.8 Å². The molecule has 1 aliphatic rings. The Kier molecular flexibility index (Phi) is 5.10. The van der Waals surface area contributed by atoms with Crippen molar-refractivity contribution in [3.05, 3.63) is 42.6 Å². The predicted molar refractivity (Wildman–Crippen MR) is 105 cm³/mol. The fraction of sp³-hybridized carbons (Fsp3) is 0.333. The fourth-order valence-electron chi connectivity index (χ4n) is 3.32. The molecule has 140 valence electrons. The Morgan fingerprint density at radius 3 is 2.74 bits per heavy atom. The lowest BCUT2D eigenvalue weighted by Gasteiger charge is -2.14. The van der Waals surface area contributed by atoms with Crippen molar-refractivity contribution in [2.45, 2.75) is 36.9 Å². The average Bonchev–Trinajstić information content (AvgIpc) is 3.42. The van der Waals surface area contributed by atoms with E-state index < -0.39 is 0 Å². The standard InChI is InChI=1S/C18H21N7OS/c19-24-17(13-6-2-1-3-7-13)22-23-18(24)27-12-16(26)21-15-10-11-20-25(15)14-8-4-5-9-14/h1-3,6-7,10-11,14H,4-5,8-9,12,19H2,(H,21,26). The maximum absolute atomic E-state index is 12.4. The lowest BCUT2D eigenvalue weighted by Crippen LogP contribution is -2.20. The van der Waals surface area contributed by atoms with Crippen LogP contribution in [0, 0.1) is 0 Å². The summed E-state index contributed by atoms with van der Waals surface area (Å²) in [4.78, 5) is 12.4. The molecule has 2 heterocycles. The number of hydrogen-bond acceptors (Lipinski definition) is 6. The molecule has 0 saturated heterocycles.